The number of nitrogens with one attached hydrogen (secondary N) is 1. The molecule has 2 atom stereocenters. The van der Waals surface area contributed by atoms with Gasteiger partial charge in [0.2, 0.25) is 0 Å². The maximum absolute atomic E-state index is 13.9. The zero-order chi connectivity index (χ0) is 24.8. The summed E-state index contributed by atoms with van der Waals surface area (Å²) in [5.41, 5.74) is 8.56. The second-order valence-electron chi connectivity index (χ2n) is 8.61. The van der Waals surface area contributed by atoms with Crippen molar-refractivity contribution < 1.29 is 19.1 Å². The van der Waals surface area contributed by atoms with E-state index in [2.05, 4.69) is 5.32 Å². The van der Waals surface area contributed by atoms with E-state index >= 15 is 0 Å². The molecule has 2 aromatic carbocycles. The van der Waals surface area contributed by atoms with E-state index in [4.69, 9.17) is 15.2 Å². The van der Waals surface area contributed by atoms with Crippen LogP contribution in [0.3, 0.4) is 0 Å². The minimum Gasteiger partial charge on any atom is -0.493 e. The maximum atomic E-state index is 13.9. The number of anilines is 1. The summed E-state index contributed by atoms with van der Waals surface area (Å²) < 4.78 is 10.8. The third-order valence-electron chi connectivity index (χ3n) is 6.42. The van der Waals surface area contributed by atoms with Gasteiger partial charge in [-0.25, -0.2) is 0 Å². The van der Waals surface area contributed by atoms with E-state index in [1.807, 2.05) is 40.6 Å². The van der Waals surface area contributed by atoms with E-state index < -0.39 is 0 Å². The summed E-state index contributed by atoms with van der Waals surface area (Å²) in [6.45, 7) is 0.326. The summed E-state index contributed by atoms with van der Waals surface area (Å²) in [5, 5.41) is 4.88. The number of para-hydroxylation sites is 1. The summed E-state index contributed by atoms with van der Waals surface area (Å²) in [6, 6.07) is 16.2. The Hall–Kier alpha value is -3.36. The van der Waals surface area contributed by atoms with Gasteiger partial charge >= 0.3 is 0 Å². The summed E-state index contributed by atoms with van der Waals surface area (Å²) in [5.74, 6) is 0.758. The van der Waals surface area contributed by atoms with Crippen molar-refractivity contribution in [3.8, 4) is 11.5 Å². The molecule has 1 aliphatic rings. The van der Waals surface area contributed by atoms with Gasteiger partial charge in [0.1, 0.15) is 0 Å². The largest absolute Gasteiger partial charge is 0.493 e. The summed E-state index contributed by atoms with van der Waals surface area (Å²) in [4.78, 5) is 29.1. The highest BCUT2D eigenvalue weighted by Crippen LogP contribution is 2.31. The lowest BCUT2D eigenvalue weighted by Crippen LogP contribution is -2.51. The number of thiophene rings is 1. The molecule has 3 aromatic rings. The first kappa shape index (κ1) is 24.8. The minimum atomic E-state index is -0.167. The number of nitrogens with zero attached hydrogens (tertiary/aromatic N) is 1. The Labute approximate surface area is 209 Å². The van der Waals surface area contributed by atoms with Gasteiger partial charge in [0.05, 0.1) is 19.1 Å². The predicted octanol–water partition coefficient (Wildman–Crippen LogP) is 4.93. The smallest absolute Gasteiger partial charge is 0.265 e. The van der Waals surface area contributed by atoms with Gasteiger partial charge in [-0.3, -0.25) is 9.59 Å². The Morgan fingerprint density at radius 3 is 2.51 bits per heavy atom. The van der Waals surface area contributed by atoms with Gasteiger partial charge in [-0.2, -0.15) is 0 Å². The lowest BCUT2D eigenvalue weighted by molar-refractivity contribution is 0.0584. The van der Waals surface area contributed by atoms with Crippen LogP contribution in [0.1, 0.15) is 51.3 Å². The molecule has 1 aromatic heterocycles. The number of hydrogen-bond donors (Lipinski definition) is 2. The van der Waals surface area contributed by atoms with Crippen molar-refractivity contribution in [2.24, 2.45) is 5.73 Å². The number of ether oxygens (including phenoxy) is 2. The van der Waals surface area contributed by atoms with E-state index in [1.165, 1.54) is 11.3 Å². The molecule has 0 bridgehead atoms. The van der Waals surface area contributed by atoms with E-state index in [-0.39, 0.29) is 23.9 Å². The second-order valence-corrected chi connectivity index (χ2v) is 9.55. The fourth-order valence-electron chi connectivity index (χ4n) is 4.56. The molecule has 0 radical (unpaired) electrons. The number of methoxy groups -OCH3 is 2. The number of nitrogens with two attached hydrogens (primary N) is 1. The Morgan fingerprint density at radius 1 is 1.03 bits per heavy atom. The molecular weight excluding hydrogens is 462 g/mol. The second kappa shape index (κ2) is 11.4. The average molecular weight is 494 g/mol. The fraction of sp³-hybridized carbons (Fsp3) is 0.333. The molecule has 184 valence electrons. The molecule has 3 N–H and O–H groups in total. The zero-order valence-electron chi connectivity index (χ0n) is 20.0. The molecule has 2 unspecified atom stereocenters. The quantitative estimate of drug-likeness (QED) is 0.464. The van der Waals surface area contributed by atoms with E-state index in [1.54, 1.807) is 38.5 Å². The van der Waals surface area contributed by atoms with Crippen molar-refractivity contribution in [3.63, 3.8) is 0 Å². The van der Waals surface area contributed by atoms with Crippen LogP contribution in [0.5, 0.6) is 11.5 Å². The molecule has 0 aliphatic heterocycles. The molecule has 2 amide bonds. The van der Waals surface area contributed by atoms with Gasteiger partial charge in [-0.15, -0.1) is 11.3 Å². The molecule has 1 aliphatic carbocycles. The first-order chi connectivity index (χ1) is 17.0. The summed E-state index contributed by atoms with van der Waals surface area (Å²) in [7, 11) is 3.11. The van der Waals surface area contributed by atoms with Gasteiger partial charge in [0.25, 0.3) is 11.8 Å². The molecule has 1 heterocycles. The number of amides is 2. The molecule has 1 saturated carbocycles. The SMILES string of the molecule is COc1ccc(C(=O)N(Cc2ccccc2NC(=O)c2cccs2)C2CCCCC2N)cc1OC. The van der Waals surface area contributed by atoms with Crippen LogP contribution in [0.4, 0.5) is 5.69 Å². The Kier molecular flexibility index (Phi) is 8.05. The lowest BCUT2D eigenvalue weighted by atomic mass is 9.89. The van der Waals surface area contributed by atoms with Crippen molar-refractivity contribution in [3.05, 3.63) is 76.0 Å². The van der Waals surface area contributed by atoms with E-state index in [9.17, 15) is 9.59 Å². The number of carbonyl (C=O) groups is 2. The minimum absolute atomic E-state index is 0.106. The number of hydrogen-bond acceptors (Lipinski definition) is 6. The Morgan fingerprint density at radius 2 is 1.80 bits per heavy atom. The molecule has 0 saturated heterocycles. The van der Waals surface area contributed by atoms with Crippen molar-refractivity contribution in [2.45, 2.75) is 44.3 Å². The highest BCUT2D eigenvalue weighted by atomic mass is 32.1. The summed E-state index contributed by atoms with van der Waals surface area (Å²) >= 11 is 1.39. The topological polar surface area (TPSA) is 93.9 Å². The summed E-state index contributed by atoms with van der Waals surface area (Å²) in [6.07, 6.45) is 3.79. The molecule has 1 fully saturated rings. The monoisotopic (exact) mass is 493 g/mol. The van der Waals surface area contributed by atoms with Crippen LogP contribution in [0.2, 0.25) is 0 Å². The number of carbonyl (C=O) groups excluding carboxylic acids is 2. The third-order valence-corrected chi connectivity index (χ3v) is 7.29. The third kappa shape index (κ3) is 5.66. The highest BCUT2D eigenvalue weighted by Gasteiger charge is 2.32. The molecule has 4 rings (SSSR count). The fourth-order valence-corrected chi connectivity index (χ4v) is 5.18. The van der Waals surface area contributed by atoms with Gasteiger partial charge in [-0.05, 0) is 54.1 Å². The van der Waals surface area contributed by atoms with Gasteiger partial charge < -0.3 is 25.4 Å². The highest BCUT2D eigenvalue weighted by molar-refractivity contribution is 7.12. The van der Waals surface area contributed by atoms with Crippen molar-refractivity contribution in [1.82, 2.24) is 4.90 Å². The molecule has 7 nitrogen and oxygen atoms in total. The number of benzene rings is 2. The zero-order valence-corrected chi connectivity index (χ0v) is 20.8. The molecular formula is C27H31N3O4S. The normalized spacial score (nSPS) is 17.5. The van der Waals surface area contributed by atoms with Gasteiger partial charge in [-0.1, -0.05) is 37.1 Å². The van der Waals surface area contributed by atoms with Crippen molar-refractivity contribution in [1.29, 1.82) is 0 Å². The van der Waals surface area contributed by atoms with Crippen LogP contribution < -0.4 is 20.5 Å². The van der Waals surface area contributed by atoms with Crippen LogP contribution in [-0.2, 0) is 6.54 Å². The molecule has 8 heteroatoms. The standard InChI is InChI=1S/C27H31N3O4S/c1-33-23-14-13-18(16-24(23)34-2)27(32)30(22-11-6-4-9-20(22)28)17-19-8-3-5-10-21(19)29-26(31)25-12-7-15-35-25/h3,5,7-8,10,12-16,20,22H,4,6,9,11,17,28H2,1-2H3,(H,29,31). The van der Waals surface area contributed by atoms with Crippen LogP contribution >= 0.6 is 11.3 Å². The van der Waals surface area contributed by atoms with Crippen LogP contribution in [0, 0.1) is 0 Å². The van der Waals surface area contributed by atoms with Crippen LogP contribution in [-0.4, -0.2) is 43.0 Å². The molecule has 35 heavy (non-hydrogen) atoms. The maximum Gasteiger partial charge on any atom is 0.265 e. The van der Waals surface area contributed by atoms with E-state index in [0.29, 0.717) is 34.2 Å². The van der Waals surface area contributed by atoms with Gasteiger partial charge in [0.15, 0.2) is 11.5 Å². The Bertz CT molecular complexity index is 1160. The van der Waals surface area contributed by atoms with Crippen LogP contribution in [0.15, 0.2) is 60.0 Å². The van der Waals surface area contributed by atoms with Crippen LogP contribution in [0.25, 0.3) is 0 Å². The number of rotatable bonds is 8. The van der Waals surface area contributed by atoms with E-state index in [0.717, 1.165) is 31.2 Å². The van der Waals surface area contributed by atoms with Crippen molar-refractivity contribution >= 4 is 28.8 Å². The Balaban J connectivity index is 1.66. The first-order valence-electron chi connectivity index (χ1n) is 11.7. The van der Waals surface area contributed by atoms with Crippen molar-refractivity contribution in [2.75, 3.05) is 19.5 Å². The van der Waals surface area contributed by atoms with Gasteiger partial charge in [0, 0.05) is 29.9 Å². The predicted molar refractivity (Wildman–Crippen MR) is 138 cm³/mol. The first-order valence-corrected chi connectivity index (χ1v) is 12.6. The lowest BCUT2D eigenvalue weighted by Gasteiger charge is -2.39. The average Bonchev–Trinajstić information content (AvgIpc) is 3.43. The molecule has 0 spiro atoms.